The van der Waals surface area contributed by atoms with E-state index in [0.29, 0.717) is 0 Å². The van der Waals surface area contributed by atoms with Crippen molar-refractivity contribution in [3.63, 3.8) is 0 Å². The fourth-order valence-corrected chi connectivity index (χ4v) is 1.41. The number of carbonyl (C=O) groups is 4. The van der Waals surface area contributed by atoms with Gasteiger partial charge in [0.2, 0.25) is 11.8 Å². The molecule has 0 saturated heterocycles. The van der Waals surface area contributed by atoms with Crippen LogP contribution < -0.4 is 16.4 Å². The van der Waals surface area contributed by atoms with Crippen LogP contribution in [0.15, 0.2) is 0 Å². The Balaban J connectivity index is 4.21. The zero-order valence-corrected chi connectivity index (χ0v) is 11.4. The largest absolute Gasteiger partial charge is 0.480 e. The van der Waals surface area contributed by atoms with Gasteiger partial charge < -0.3 is 26.6 Å². The van der Waals surface area contributed by atoms with Crippen LogP contribution in [-0.4, -0.2) is 58.3 Å². The predicted octanol–water partition coefficient (Wildman–Crippen LogP) is -2.21. The first-order valence-electron chi connectivity index (χ1n) is 5.66. The van der Waals surface area contributed by atoms with Crippen LogP contribution in [0.5, 0.6) is 0 Å². The number of carboxylic acids is 2. The van der Waals surface area contributed by atoms with Crippen LogP contribution in [0.3, 0.4) is 0 Å². The third-order valence-electron chi connectivity index (χ3n) is 2.25. The van der Waals surface area contributed by atoms with Crippen LogP contribution in [0.4, 0.5) is 0 Å². The number of nitrogens with one attached hydrogen (secondary N) is 2. The number of amides is 2. The molecule has 0 aromatic heterocycles. The molecule has 6 N–H and O–H groups in total. The molecule has 0 aromatic carbocycles. The number of carbonyl (C=O) groups excluding carboxylic acids is 2. The SMILES string of the molecule is N[C@@H](CCC(=O)N[C@@H](CS)C(=O)[15NH]CC(=O)O)C(=O)O. The number of hydrogen-bond acceptors (Lipinski definition) is 6. The zero-order chi connectivity index (χ0) is 15.7. The van der Waals surface area contributed by atoms with E-state index in [0.717, 1.165) is 0 Å². The number of hydrogen-bond donors (Lipinski definition) is 6. The second-order valence-corrected chi connectivity index (χ2v) is 4.26. The van der Waals surface area contributed by atoms with Crippen LogP contribution in [0.25, 0.3) is 0 Å². The number of thiol groups is 1. The fourth-order valence-electron chi connectivity index (χ4n) is 1.16. The minimum absolute atomic E-state index is 0.0256. The highest BCUT2D eigenvalue weighted by atomic mass is 32.1. The average molecular weight is 308 g/mol. The zero-order valence-electron chi connectivity index (χ0n) is 10.5. The van der Waals surface area contributed by atoms with Gasteiger partial charge in [-0.2, -0.15) is 12.6 Å². The molecule has 0 aliphatic rings. The molecule has 0 radical (unpaired) electrons. The lowest BCUT2D eigenvalue weighted by molar-refractivity contribution is -0.139. The maximum Gasteiger partial charge on any atom is 0.322 e. The van der Waals surface area contributed by atoms with Gasteiger partial charge in [-0.15, -0.1) is 0 Å². The summed E-state index contributed by atoms with van der Waals surface area (Å²) in [5.74, 6) is -3.70. The predicted molar refractivity (Wildman–Crippen MR) is 71.3 cm³/mol. The summed E-state index contributed by atoms with van der Waals surface area (Å²) in [6.45, 7) is -0.567. The minimum atomic E-state index is -1.22. The quantitative estimate of drug-likeness (QED) is 0.208. The van der Waals surface area contributed by atoms with Crippen molar-refractivity contribution >= 4 is 36.4 Å². The van der Waals surface area contributed by atoms with E-state index in [1.54, 1.807) is 0 Å². The summed E-state index contributed by atoms with van der Waals surface area (Å²) in [5, 5.41) is 21.4. The molecule has 0 rings (SSSR count). The Hall–Kier alpha value is -1.81. The summed E-state index contributed by atoms with van der Waals surface area (Å²) in [4.78, 5) is 43.7. The maximum atomic E-state index is 11.5. The molecule has 9 nitrogen and oxygen atoms in total. The summed E-state index contributed by atoms with van der Waals surface area (Å²) in [7, 11) is 0. The summed E-state index contributed by atoms with van der Waals surface area (Å²) in [6, 6.07) is -2.15. The van der Waals surface area contributed by atoms with E-state index in [4.69, 9.17) is 15.9 Å². The van der Waals surface area contributed by atoms with Crippen molar-refractivity contribution in [2.24, 2.45) is 5.73 Å². The molecule has 0 unspecified atom stereocenters. The third-order valence-corrected chi connectivity index (χ3v) is 2.61. The number of nitrogens with two attached hydrogens (primary N) is 1. The van der Waals surface area contributed by atoms with Gasteiger partial charge in [0.15, 0.2) is 0 Å². The fraction of sp³-hybridized carbons (Fsp3) is 0.600. The minimum Gasteiger partial charge on any atom is -0.480 e. The molecule has 0 bridgehead atoms. The Morgan fingerprint density at radius 1 is 1.20 bits per heavy atom. The molecule has 10 heteroatoms. The molecular weight excluding hydrogens is 291 g/mol. The van der Waals surface area contributed by atoms with Crippen molar-refractivity contribution in [1.29, 1.82) is 0 Å². The van der Waals surface area contributed by atoms with Crippen LogP contribution in [0.1, 0.15) is 12.8 Å². The highest BCUT2D eigenvalue weighted by molar-refractivity contribution is 7.80. The van der Waals surface area contributed by atoms with Gasteiger partial charge in [0.1, 0.15) is 18.6 Å². The van der Waals surface area contributed by atoms with Gasteiger partial charge in [-0.3, -0.25) is 19.2 Å². The van der Waals surface area contributed by atoms with E-state index in [9.17, 15) is 19.2 Å². The van der Waals surface area contributed by atoms with Gasteiger partial charge >= 0.3 is 11.9 Å². The highest BCUT2D eigenvalue weighted by Crippen LogP contribution is 1.97. The van der Waals surface area contributed by atoms with Crippen molar-refractivity contribution in [2.45, 2.75) is 24.9 Å². The van der Waals surface area contributed by atoms with Crippen molar-refractivity contribution in [1.82, 2.24) is 10.6 Å². The number of rotatable bonds is 9. The molecular formula is C10H17N3O6S. The van der Waals surface area contributed by atoms with E-state index in [1.807, 2.05) is 0 Å². The van der Waals surface area contributed by atoms with E-state index in [1.165, 1.54) is 0 Å². The summed E-state index contributed by atoms with van der Waals surface area (Å²) in [5.41, 5.74) is 5.23. The standard InChI is InChI=1S/C10H17N3O6S/c11-5(10(18)19)1-2-7(14)13-6(4-20)9(17)12-3-8(15)16/h5-6,20H,1-4,11H2,(H,12,17)(H,13,14)(H,15,16)(H,18,19)/t5-,6-/m0/s1/i12+1. The van der Waals surface area contributed by atoms with Crippen LogP contribution in [-0.2, 0) is 19.2 Å². The number of aliphatic carboxylic acids is 2. The Kier molecular flexibility index (Phi) is 8.32. The summed E-state index contributed by atoms with van der Waals surface area (Å²) >= 11 is 3.87. The van der Waals surface area contributed by atoms with E-state index in [-0.39, 0.29) is 18.6 Å². The molecule has 2 atom stereocenters. The molecule has 2 amide bonds. The van der Waals surface area contributed by atoms with Crippen LogP contribution in [0, 0.1) is 0 Å². The Morgan fingerprint density at radius 3 is 2.25 bits per heavy atom. The maximum absolute atomic E-state index is 11.5. The van der Waals surface area contributed by atoms with E-state index >= 15 is 0 Å². The second kappa shape index (κ2) is 9.15. The average Bonchev–Trinajstić information content (AvgIpc) is 2.38. The van der Waals surface area contributed by atoms with Crippen molar-refractivity contribution in [2.75, 3.05) is 12.3 Å². The molecule has 114 valence electrons. The Bertz CT molecular complexity index is 389. The molecule has 20 heavy (non-hydrogen) atoms. The summed E-state index contributed by atoms with van der Waals surface area (Å²) < 4.78 is 0. The smallest absolute Gasteiger partial charge is 0.322 e. The van der Waals surface area contributed by atoms with Gasteiger partial charge in [-0.1, -0.05) is 0 Å². The molecule has 0 aliphatic carbocycles. The first-order chi connectivity index (χ1) is 9.27. The third kappa shape index (κ3) is 7.59. The summed E-state index contributed by atoms with van der Waals surface area (Å²) in [6.07, 6.45) is -0.235. The van der Waals surface area contributed by atoms with Gasteiger partial charge in [0.05, 0.1) is 0 Å². The topological polar surface area (TPSA) is 159 Å². The molecule has 0 fully saturated rings. The molecule has 0 aromatic rings. The van der Waals surface area contributed by atoms with Crippen molar-refractivity contribution < 1.29 is 29.4 Å². The van der Waals surface area contributed by atoms with Crippen molar-refractivity contribution in [3.8, 4) is 0 Å². The Morgan fingerprint density at radius 2 is 1.80 bits per heavy atom. The van der Waals surface area contributed by atoms with E-state index < -0.39 is 42.4 Å². The van der Waals surface area contributed by atoms with Gasteiger partial charge in [0, 0.05) is 12.2 Å². The molecule has 0 heterocycles. The van der Waals surface area contributed by atoms with Crippen LogP contribution >= 0.6 is 12.6 Å². The van der Waals surface area contributed by atoms with Gasteiger partial charge in [-0.05, 0) is 6.42 Å². The molecule has 0 aliphatic heterocycles. The highest BCUT2D eigenvalue weighted by Gasteiger charge is 2.20. The van der Waals surface area contributed by atoms with E-state index in [2.05, 4.69) is 23.3 Å². The lowest BCUT2D eigenvalue weighted by atomic mass is 10.1. The normalized spacial score (nSPS) is 13.1. The Labute approximate surface area is 120 Å². The monoisotopic (exact) mass is 308 g/mol. The first-order valence-corrected chi connectivity index (χ1v) is 6.29. The van der Waals surface area contributed by atoms with Gasteiger partial charge in [-0.25, -0.2) is 0 Å². The lowest BCUT2D eigenvalue weighted by Crippen LogP contribution is -2.49. The van der Waals surface area contributed by atoms with Gasteiger partial charge in [0.25, 0.3) is 0 Å². The first kappa shape index (κ1) is 18.2. The molecule has 0 saturated carbocycles. The molecule has 0 spiro atoms. The second-order valence-electron chi connectivity index (χ2n) is 3.90. The number of carboxylic acid groups (broad SMARTS) is 2. The lowest BCUT2D eigenvalue weighted by Gasteiger charge is -2.16. The van der Waals surface area contributed by atoms with Crippen LogP contribution in [0.2, 0.25) is 0 Å². The van der Waals surface area contributed by atoms with Crippen molar-refractivity contribution in [3.05, 3.63) is 0 Å².